The van der Waals surface area contributed by atoms with Crippen molar-refractivity contribution in [1.82, 2.24) is 9.80 Å². The molecule has 0 spiro atoms. The van der Waals surface area contributed by atoms with Gasteiger partial charge in [0.15, 0.2) is 0 Å². The van der Waals surface area contributed by atoms with Crippen molar-refractivity contribution in [2.24, 2.45) is 0 Å². The van der Waals surface area contributed by atoms with Gasteiger partial charge in [0.2, 0.25) is 0 Å². The number of carbonyl (C=O) groups excluding carboxylic acids is 1. The molecule has 114 valence electrons. The van der Waals surface area contributed by atoms with E-state index < -0.39 is 0 Å². The molecule has 0 radical (unpaired) electrons. The van der Waals surface area contributed by atoms with Crippen molar-refractivity contribution in [2.75, 3.05) is 25.4 Å². The first-order chi connectivity index (χ1) is 10.1. The van der Waals surface area contributed by atoms with Crippen LogP contribution >= 0.6 is 11.6 Å². The van der Waals surface area contributed by atoms with Crippen LogP contribution in [-0.4, -0.2) is 47.4 Å². The van der Waals surface area contributed by atoms with Gasteiger partial charge in [-0.05, 0) is 38.4 Å². The average molecular weight is 308 g/mol. The Bertz CT molecular complexity index is 528. The molecule has 2 aliphatic rings. The molecule has 2 saturated heterocycles. The molecular formula is C16H22ClN3O. The first-order valence-electron chi connectivity index (χ1n) is 7.67. The van der Waals surface area contributed by atoms with Gasteiger partial charge in [-0.25, -0.2) is 0 Å². The van der Waals surface area contributed by atoms with Crippen LogP contribution < -0.4 is 5.73 Å². The van der Waals surface area contributed by atoms with Gasteiger partial charge in [0.05, 0.1) is 10.6 Å². The van der Waals surface area contributed by atoms with Crippen molar-refractivity contribution in [1.29, 1.82) is 0 Å². The molecule has 1 aromatic carbocycles. The second-order valence-electron chi connectivity index (χ2n) is 6.16. The Morgan fingerprint density at radius 1 is 1.33 bits per heavy atom. The summed E-state index contributed by atoms with van der Waals surface area (Å²) in [6.45, 7) is 4.99. The molecule has 2 unspecified atom stereocenters. The van der Waals surface area contributed by atoms with Gasteiger partial charge in [-0.3, -0.25) is 9.69 Å². The Hall–Kier alpha value is -1.26. The Balaban J connectivity index is 1.84. The van der Waals surface area contributed by atoms with E-state index in [2.05, 4.69) is 11.8 Å². The minimum atomic E-state index is -0.0316. The first kappa shape index (κ1) is 14.7. The third kappa shape index (κ3) is 2.74. The highest BCUT2D eigenvalue weighted by Gasteiger charge is 2.36. The third-order valence-electron chi connectivity index (χ3n) is 4.71. The van der Waals surface area contributed by atoms with Gasteiger partial charge in [-0.15, -0.1) is 0 Å². The normalized spacial score (nSPS) is 26.5. The largest absolute Gasteiger partial charge is 0.398 e. The van der Waals surface area contributed by atoms with Crippen molar-refractivity contribution < 1.29 is 4.79 Å². The van der Waals surface area contributed by atoms with E-state index in [-0.39, 0.29) is 11.9 Å². The lowest BCUT2D eigenvalue weighted by Gasteiger charge is -2.47. The number of hydrogen-bond donors (Lipinski definition) is 1. The molecule has 1 aromatic rings. The standard InChI is InChI=1S/C16H22ClN3O/c1-11-9-19-8-3-2-5-12(19)10-20(11)16(21)15-13(17)6-4-7-14(15)18/h4,6-7,11-12H,2-3,5,8-10,18H2,1H3. The highest BCUT2D eigenvalue weighted by atomic mass is 35.5. The molecule has 0 aliphatic carbocycles. The lowest BCUT2D eigenvalue weighted by molar-refractivity contribution is 0.0152. The Morgan fingerprint density at radius 3 is 2.90 bits per heavy atom. The molecule has 0 saturated carbocycles. The monoisotopic (exact) mass is 307 g/mol. The van der Waals surface area contributed by atoms with Crippen LogP contribution in [0.5, 0.6) is 0 Å². The zero-order valence-electron chi connectivity index (χ0n) is 12.4. The highest BCUT2D eigenvalue weighted by Crippen LogP contribution is 2.29. The minimum absolute atomic E-state index is 0.0316. The number of rotatable bonds is 1. The first-order valence-corrected chi connectivity index (χ1v) is 8.04. The van der Waals surface area contributed by atoms with E-state index in [0.29, 0.717) is 22.3 Å². The van der Waals surface area contributed by atoms with Gasteiger partial charge in [0, 0.05) is 30.9 Å². The second-order valence-corrected chi connectivity index (χ2v) is 6.56. The summed E-state index contributed by atoms with van der Waals surface area (Å²) < 4.78 is 0. The maximum Gasteiger partial charge on any atom is 0.257 e. The van der Waals surface area contributed by atoms with E-state index in [0.717, 1.165) is 19.6 Å². The predicted octanol–water partition coefficient (Wildman–Crippen LogP) is 2.62. The Labute approximate surface area is 130 Å². The summed E-state index contributed by atoms with van der Waals surface area (Å²) in [4.78, 5) is 17.3. The minimum Gasteiger partial charge on any atom is -0.398 e. The molecule has 21 heavy (non-hydrogen) atoms. The number of hydrogen-bond acceptors (Lipinski definition) is 3. The molecule has 2 fully saturated rings. The third-order valence-corrected chi connectivity index (χ3v) is 5.02. The van der Waals surface area contributed by atoms with Crippen LogP contribution in [0.2, 0.25) is 5.02 Å². The summed E-state index contributed by atoms with van der Waals surface area (Å²) >= 11 is 6.19. The molecule has 4 nitrogen and oxygen atoms in total. The van der Waals surface area contributed by atoms with Crippen LogP contribution in [0.1, 0.15) is 36.5 Å². The van der Waals surface area contributed by atoms with Crippen LogP contribution in [0.15, 0.2) is 18.2 Å². The van der Waals surface area contributed by atoms with E-state index in [1.807, 2.05) is 4.90 Å². The zero-order chi connectivity index (χ0) is 15.0. The summed E-state index contributed by atoms with van der Waals surface area (Å²) in [6, 6.07) is 5.93. The fourth-order valence-corrected chi connectivity index (χ4v) is 3.81. The van der Waals surface area contributed by atoms with Crippen LogP contribution in [-0.2, 0) is 0 Å². The molecular weight excluding hydrogens is 286 g/mol. The summed E-state index contributed by atoms with van der Waals surface area (Å²) in [7, 11) is 0. The number of piperidine rings is 1. The summed E-state index contributed by atoms with van der Waals surface area (Å²) in [5.74, 6) is -0.0316. The SMILES string of the molecule is CC1CN2CCCCC2CN1C(=O)c1c(N)cccc1Cl. The van der Waals surface area contributed by atoms with Gasteiger partial charge in [0.1, 0.15) is 0 Å². The fourth-order valence-electron chi connectivity index (χ4n) is 3.55. The van der Waals surface area contributed by atoms with E-state index in [4.69, 9.17) is 17.3 Å². The van der Waals surface area contributed by atoms with E-state index in [1.165, 1.54) is 19.3 Å². The quantitative estimate of drug-likeness (QED) is 0.811. The van der Waals surface area contributed by atoms with Gasteiger partial charge >= 0.3 is 0 Å². The molecule has 2 atom stereocenters. The van der Waals surface area contributed by atoms with Crippen LogP contribution in [0, 0.1) is 0 Å². The van der Waals surface area contributed by atoms with Crippen molar-refractivity contribution >= 4 is 23.2 Å². The fraction of sp³-hybridized carbons (Fsp3) is 0.562. The summed E-state index contributed by atoms with van der Waals surface area (Å²) in [5, 5.41) is 0.443. The topological polar surface area (TPSA) is 49.6 Å². The van der Waals surface area contributed by atoms with Gasteiger partial charge < -0.3 is 10.6 Å². The molecule has 0 bridgehead atoms. The number of amides is 1. The number of halogens is 1. The summed E-state index contributed by atoms with van der Waals surface area (Å²) in [5.41, 5.74) is 6.88. The van der Waals surface area contributed by atoms with Gasteiger partial charge in [0.25, 0.3) is 5.91 Å². The lowest BCUT2D eigenvalue weighted by atomic mass is 9.96. The molecule has 2 N–H and O–H groups in total. The van der Waals surface area contributed by atoms with E-state index in [1.54, 1.807) is 18.2 Å². The lowest BCUT2D eigenvalue weighted by Crippen LogP contribution is -2.60. The van der Waals surface area contributed by atoms with E-state index >= 15 is 0 Å². The number of carbonyl (C=O) groups is 1. The Morgan fingerprint density at radius 2 is 2.14 bits per heavy atom. The van der Waals surface area contributed by atoms with Crippen LogP contribution in [0.4, 0.5) is 5.69 Å². The number of nitrogen functional groups attached to an aromatic ring is 1. The Kier molecular flexibility index (Phi) is 4.09. The van der Waals surface area contributed by atoms with Gasteiger partial charge in [-0.2, -0.15) is 0 Å². The summed E-state index contributed by atoms with van der Waals surface area (Å²) in [6.07, 6.45) is 3.70. The molecule has 1 amide bonds. The molecule has 5 heteroatoms. The maximum absolute atomic E-state index is 12.9. The molecule has 2 aliphatic heterocycles. The predicted molar refractivity (Wildman–Crippen MR) is 85.6 cm³/mol. The molecule has 3 rings (SSSR count). The average Bonchev–Trinajstić information content (AvgIpc) is 2.46. The van der Waals surface area contributed by atoms with E-state index in [9.17, 15) is 4.79 Å². The van der Waals surface area contributed by atoms with Gasteiger partial charge in [-0.1, -0.05) is 24.1 Å². The smallest absolute Gasteiger partial charge is 0.257 e. The maximum atomic E-state index is 12.9. The molecule has 2 heterocycles. The van der Waals surface area contributed by atoms with Crippen molar-refractivity contribution in [2.45, 2.75) is 38.3 Å². The second kappa shape index (κ2) is 5.85. The van der Waals surface area contributed by atoms with Crippen LogP contribution in [0.3, 0.4) is 0 Å². The van der Waals surface area contributed by atoms with Crippen molar-refractivity contribution in [3.8, 4) is 0 Å². The number of benzene rings is 1. The number of fused-ring (bicyclic) bond motifs is 1. The number of piperazine rings is 1. The zero-order valence-corrected chi connectivity index (χ0v) is 13.1. The number of anilines is 1. The number of nitrogens with zero attached hydrogens (tertiary/aromatic N) is 2. The van der Waals surface area contributed by atoms with Crippen molar-refractivity contribution in [3.05, 3.63) is 28.8 Å². The molecule has 0 aromatic heterocycles. The van der Waals surface area contributed by atoms with Crippen LogP contribution in [0.25, 0.3) is 0 Å². The number of nitrogens with two attached hydrogens (primary N) is 1. The van der Waals surface area contributed by atoms with Crippen molar-refractivity contribution in [3.63, 3.8) is 0 Å². The highest BCUT2D eigenvalue weighted by molar-refractivity contribution is 6.34.